The van der Waals surface area contributed by atoms with Crippen LogP contribution in [-0.2, 0) is 19.5 Å². The molecule has 0 unspecified atom stereocenters. The summed E-state index contributed by atoms with van der Waals surface area (Å²) in [5.41, 5.74) is 2.50. The molecule has 2 aromatic heterocycles. The highest BCUT2D eigenvalue weighted by atomic mass is 32.1. The molecule has 0 saturated heterocycles. The van der Waals surface area contributed by atoms with Gasteiger partial charge in [-0.05, 0) is 37.1 Å². The van der Waals surface area contributed by atoms with Crippen molar-refractivity contribution in [2.75, 3.05) is 13.7 Å². The number of ether oxygens (including phenoxy) is 2. The fraction of sp³-hybridized carbons (Fsp3) is 0.381. The third-order valence-electron chi connectivity index (χ3n) is 5.15. The summed E-state index contributed by atoms with van der Waals surface area (Å²) in [4.78, 5) is 17.4. The number of aromatic nitrogens is 3. The van der Waals surface area contributed by atoms with Gasteiger partial charge in [-0.25, -0.2) is 15.0 Å². The van der Waals surface area contributed by atoms with Crippen LogP contribution in [0.25, 0.3) is 0 Å². The molecule has 1 aliphatic carbocycles. The van der Waals surface area contributed by atoms with E-state index in [4.69, 9.17) is 14.5 Å². The maximum Gasteiger partial charge on any atom is 0.278 e. The molecule has 144 valence electrons. The van der Waals surface area contributed by atoms with Gasteiger partial charge in [0.2, 0.25) is 0 Å². The summed E-state index contributed by atoms with van der Waals surface area (Å²) in [5.74, 6) is 3.24. The molecule has 7 heteroatoms. The predicted octanol–water partition coefficient (Wildman–Crippen LogP) is 4.17. The summed E-state index contributed by atoms with van der Waals surface area (Å²) in [6, 6.07) is 7.53. The van der Waals surface area contributed by atoms with Crippen LogP contribution in [0.2, 0.25) is 0 Å². The maximum absolute atomic E-state index is 5.86. The third-order valence-corrected chi connectivity index (χ3v) is 6.01. The zero-order valence-electron chi connectivity index (χ0n) is 15.8. The van der Waals surface area contributed by atoms with E-state index < -0.39 is 0 Å². The average Bonchev–Trinajstić information content (AvgIpc) is 3.49. The standard InChI is InChI=1S/C21H22N4O2S/c1-26-16-4-6-17(7-5-16)27-21-23-11-18(28-21)13-25-9-8-19-15(12-25)10-22-20(24-19)14-2-3-14/h4-7,10-11,14H,2-3,8-9,12-13H2,1H3. The van der Waals surface area contributed by atoms with Crippen LogP contribution in [0.1, 0.15) is 40.7 Å². The van der Waals surface area contributed by atoms with Crippen LogP contribution >= 0.6 is 11.3 Å². The van der Waals surface area contributed by atoms with Gasteiger partial charge in [0.15, 0.2) is 0 Å². The average molecular weight is 395 g/mol. The monoisotopic (exact) mass is 394 g/mol. The Morgan fingerprint density at radius 3 is 2.71 bits per heavy atom. The number of methoxy groups -OCH3 is 1. The van der Waals surface area contributed by atoms with E-state index in [0.29, 0.717) is 11.1 Å². The number of hydrogen-bond acceptors (Lipinski definition) is 7. The van der Waals surface area contributed by atoms with Gasteiger partial charge < -0.3 is 9.47 Å². The second-order valence-electron chi connectivity index (χ2n) is 7.31. The Hall–Kier alpha value is -2.51. The van der Waals surface area contributed by atoms with E-state index in [1.54, 1.807) is 18.4 Å². The molecular formula is C21H22N4O2S. The van der Waals surface area contributed by atoms with Gasteiger partial charge in [-0.15, -0.1) is 0 Å². The molecule has 3 heterocycles. The molecule has 0 atom stereocenters. The van der Waals surface area contributed by atoms with E-state index in [2.05, 4.69) is 14.9 Å². The summed E-state index contributed by atoms with van der Waals surface area (Å²) in [6.45, 7) is 2.78. The van der Waals surface area contributed by atoms with Crippen LogP contribution in [0.5, 0.6) is 16.7 Å². The Balaban J connectivity index is 1.21. The van der Waals surface area contributed by atoms with Gasteiger partial charge in [0.25, 0.3) is 5.19 Å². The molecule has 1 aliphatic heterocycles. The second-order valence-corrected chi connectivity index (χ2v) is 8.38. The molecule has 1 saturated carbocycles. The topological polar surface area (TPSA) is 60.4 Å². The number of fused-ring (bicyclic) bond motifs is 1. The molecule has 1 aromatic carbocycles. The van der Waals surface area contributed by atoms with Crippen LogP contribution in [0, 0.1) is 0 Å². The molecular weight excluding hydrogens is 372 g/mol. The van der Waals surface area contributed by atoms with Gasteiger partial charge in [-0.3, -0.25) is 4.90 Å². The first-order valence-electron chi connectivity index (χ1n) is 9.60. The highest BCUT2D eigenvalue weighted by Gasteiger charge is 2.28. The Bertz CT molecular complexity index is 969. The first-order chi connectivity index (χ1) is 13.8. The highest BCUT2D eigenvalue weighted by molar-refractivity contribution is 7.13. The van der Waals surface area contributed by atoms with Crippen molar-refractivity contribution >= 4 is 11.3 Å². The number of nitrogens with zero attached hydrogens (tertiary/aromatic N) is 4. The molecule has 0 spiro atoms. The van der Waals surface area contributed by atoms with E-state index in [0.717, 1.165) is 43.4 Å². The summed E-state index contributed by atoms with van der Waals surface area (Å²) in [6.07, 6.45) is 7.43. The smallest absolute Gasteiger partial charge is 0.278 e. The van der Waals surface area contributed by atoms with Gasteiger partial charge in [0.05, 0.1) is 7.11 Å². The van der Waals surface area contributed by atoms with Crippen LogP contribution in [-0.4, -0.2) is 33.5 Å². The lowest BCUT2D eigenvalue weighted by atomic mass is 10.1. The molecule has 0 bridgehead atoms. The first kappa shape index (κ1) is 17.6. The quantitative estimate of drug-likeness (QED) is 0.625. The largest absolute Gasteiger partial charge is 0.497 e. The van der Waals surface area contributed by atoms with Gasteiger partial charge in [-0.2, -0.15) is 0 Å². The number of benzene rings is 1. The van der Waals surface area contributed by atoms with Gasteiger partial charge in [0, 0.05) is 60.5 Å². The zero-order chi connectivity index (χ0) is 18.9. The molecule has 0 radical (unpaired) electrons. The second kappa shape index (κ2) is 7.48. The molecule has 1 fully saturated rings. The van der Waals surface area contributed by atoms with Crippen molar-refractivity contribution in [2.24, 2.45) is 0 Å². The summed E-state index contributed by atoms with van der Waals surface area (Å²) >= 11 is 1.59. The van der Waals surface area contributed by atoms with Crippen molar-refractivity contribution < 1.29 is 9.47 Å². The Morgan fingerprint density at radius 1 is 1.11 bits per heavy atom. The van der Waals surface area contributed by atoms with E-state index >= 15 is 0 Å². The van der Waals surface area contributed by atoms with Crippen molar-refractivity contribution in [3.8, 4) is 16.7 Å². The van der Waals surface area contributed by atoms with Crippen molar-refractivity contribution in [1.29, 1.82) is 0 Å². The summed E-state index contributed by atoms with van der Waals surface area (Å²) in [5, 5.41) is 0.662. The fourth-order valence-corrected chi connectivity index (χ4v) is 4.26. The molecule has 28 heavy (non-hydrogen) atoms. The van der Waals surface area contributed by atoms with E-state index in [1.807, 2.05) is 36.7 Å². The first-order valence-corrected chi connectivity index (χ1v) is 10.4. The molecule has 0 amide bonds. The van der Waals surface area contributed by atoms with Crippen molar-refractivity contribution in [1.82, 2.24) is 19.9 Å². The molecule has 0 N–H and O–H groups in total. The highest BCUT2D eigenvalue weighted by Crippen LogP contribution is 2.38. The number of hydrogen-bond donors (Lipinski definition) is 0. The Labute approximate surface area is 168 Å². The minimum Gasteiger partial charge on any atom is -0.497 e. The van der Waals surface area contributed by atoms with E-state index in [-0.39, 0.29) is 0 Å². The van der Waals surface area contributed by atoms with E-state index in [1.165, 1.54) is 29.0 Å². The van der Waals surface area contributed by atoms with Gasteiger partial charge in [-0.1, -0.05) is 11.3 Å². The van der Waals surface area contributed by atoms with Crippen LogP contribution in [0.3, 0.4) is 0 Å². The van der Waals surface area contributed by atoms with Crippen molar-refractivity contribution in [2.45, 2.75) is 38.3 Å². The third kappa shape index (κ3) is 3.86. The maximum atomic E-state index is 5.86. The van der Waals surface area contributed by atoms with E-state index in [9.17, 15) is 0 Å². The molecule has 2 aliphatic rings. The van der Waals surface area contributed by atoms with Crippen LogP contribution < -0.4 is 9.47 Å². The summed E-state index contributed by atoms with van der Waals surface area (Å²) in [7, 11) is 1.65. The van der Waals surface area contributed by atoms with Crippen LogP contribution in [0.4, 0.5) is 0 Å². The SMILES string of the molecule is COc1ccc(Oc2ncc(CN3CCc4nc(C5CC5)ncc4C3)s2)cc1. The Kier molecular flexibility index (Phi) is 4.70. The molecule has 5 rings (SSSR count). The summed E-state index contributed by atoms with van der Waals surface area (Å²) < 4.78 is 11.0. The van der Waals surface area contributed by atoms with Gasteiger partial charge >= 0.3 is 0 Å². The van der Waals surface area contributed by atoms with Crippen molar-refractivity contribution in [3.05, 3.63) is 58.6 Å². The number of rotatable bonds is 6. The van der Waals surface area contributed by atoms with Crippen LogP contribution in [0.15, 0.2) is 36.7 Å². The minimum atomic E-state index is 0.615. The lowest BCUT2D eigenvalue weighted by Gasteiger charge is -2.27. The predicted molar refractivity (Wildman–Crippen MR) is 107 cm³/mol. The Morgan fingerprint density at radius 2 is 1.93 bits per heavy atom. The molecule has 3 aromatic rings. The minimum absolute atomic E-state index is 0.615. The van der Waals surface area contributed by atoms with Gasteiger partial charge in [0.1, 0.15) is 17.3 Å². The lowest BCUT2D eigenvalue weighted by Crippen LogP contribution is -2.30. The normalized spacial score (nSPS) is 16.6. The lowest BCUT2D eigenvalue weighted by molar-refractivity contribution is 0.244. The zero-order valence-corrected chi connectivity index (χ0v) is 16.6. The fourth-order valence-electron chi connectivity index (χ4n) is 3.44. The number of thiazole rings is 1. The molecule has 6 nitrogen and oxygen atoms in total. The van der Waals surface area contributed by atoms with Crippen molar-refractivity contribution in [3.63, 3.8) is 0 Å².